The van der Waals surface area contributed by atoms with Crippen LogP contribution in [0.25, 0.3) is 0 Å². The fourth-order valence-electron chi connectivity index (χ4n) is 3.85. The van der Waals surface area contributed by atoms with Crippen molar-refractivity contribution in [2.75, 3.05) is 6.54 Å². The molecule has 1 saturated heterocycles. The minimum absolute atomic E-state index is 0.0740. The summed E-state index contributed by atoms with van der Waals surface area (Å²) < 4.78 is 8.27. The number of benzene rings is 1. The number of hydrogen-bond acceptors (Lipinski definition) is 2. The molecule has 4 heteroatoms. The molecule has 1 aromatic heterocycles. The Morgan fingerprint density at radius 3 is 2.65 bits per heavy atom. The Bertz CT molecular complexity index is 778. The standard InChI is InChI=1S/C22H30N2O2/c1-15(2)18-11-10-16(3)14-21(18)26-17(4)22(25)24-13-7-9-20(24)19-8-6-12-23(19)5/h6,8,10-12,14-15,17,20H,7,9,13H2,1-5H3. The van der Waals surface area contributed by atoms with Gasteiger partial charge in [0.15, 0.2) is 6.10 Å². The zero-order valence-corrected chi connectivity index (χ0v) is 16.5. The van der Waals surface area contributed by atoms with Gasteiger partial charge in [0, 0.05) is 25.5 Å². The van der Waals surface area contributed by atoms with Crippen molar-refractivity contribution in [3.05, 3.63) is 53.3 Å². The van der Waals surface area contributed by atoms with Crippen molar-refractivity contribution in [1.29, 1.82) is 0 Å². The molecule has 0 N–H and O–H groups in total. The molecule has 0 spiro atoms. The van der Waals surface area contributed by atoms with E-state index in [1.165, 1.54) is 5.69 Å². The lowest BCUT2D eigenvalue weighted by Gasteiger charge is -2.29. The van der Waals surface area contributed by atoms with Gasteiger partial charge in [-0.3, -0.25) is 4.79 Å². The average Bonchev–Trinajstić information content (AvgIpc) is 3.22. The van der Waals surface area contributed by atoms with E-state index in [1.54, 1.807) is 0 Å². The number of amides is 1. The van der Waals surface area contributed by atoms with Crippen LogP contribution >= 0.6 is 0 Å². The maximum atomic E-state index is 13.1. The van der Waals surface area contributed by atoms with Crippen molar-refractivity contribution in [2.45, 2.75) is 58.6 Å². The lowest BCUT2D eigenvalue weighted by atomic mass is 10.0. The van der Waals surface area contributed by atoms with Crippen LogP contribution < -0.4 is 4.74 Å². The third kappa shape index (κ3) is 3.64. The SMILES string of the molecule is Cc1ccc(C(C)C)c(OC(C)C(=O)N2CCCC2c2cccn2C)c1. The lowest BCUT2D eigenvalue weighted by Crippen LogP contribution is -2.40. The van der Waals surface area contributed by atoms with Crippen molar-refractivity contribution < 1.29 is 9.53 Å². The quantitative estimate of drug-likeness (QED) is 0.787. The van der Waals surface area contributed by atoms with Crippen molar-refractivity contribution in [2.24, 2.45) is 7.05 Å². The monoisotopic (exact) mass is 354 g/mol. The highest BCUT2D eigenvalue weighted by Gasteiger charge is 2.34. The van der Waals surface area contributed by atoms with Crippen LogP contribution in [0, 0.1) is 6.92 Å². The van der Waals surface area contributed by atoms with E-state index in [-0.39, 0.29) is 11.9 Å². The zero-order chi connectivity index (χ0) is 18.8. The van der Waals surface area contributed by atoms with Crippen LogP contribution in [-0.2, 0) is 11.8 Å². The van der Waals surface area contributed by atoms with E-state index in [1.807, 2.05) is 37.2 Å². The van der Waals surface area contributed by atoms with Gasteiger partial charge in [-0.2, -0.15) is 0 Å². The van der Waals surface area contributed by atoms with Gasteiger partial charge in [0.25, 0.3) is 5.91 Å². The molecule has 26 heavy (non-hydrogen) atoms. The first-order valence-corrected chi connectivity index (χ1v) is 9.57. The molecule has 4 nitrogen and oxygen atoms in total. The van der Waals surface area contributed by atoms with E-state index >= 15 is 0 Å². The minimum Gasteiger partial charge on any atom is -0.481 e. The topological polar surface area (TPSA) is 34.5 Å². The maximum absolute atomic E-state index is 13.1. The zero-order valence-electron chi connectivity index (χ0n) is 16.5. The molecule has 1 amide bonds. The van der Waals surface area contributed by atoms with E-state index < -0.39 is 6.10 Å². The normalized spacial score (nSPS) is 18.4. The fourth-order valence-corrected chi connectivity index (χ4v) is 3.85. The summed E-state index contributed by atoms with van der Waals surface area (Å²) in [5.74, 6) is 1.26. The van der Waals surface area contributed by atoms with Gasteiger partial charge in [-0.05, 0) is 61.9 Å². The van der Waals surface area contributed by atoms with Gasteiger partial charge < -0.3 is 14.2 Å². The van der Waals surface area contributed by atoms with Gasteiger partial charge in [-0.1, -0.05) is 26.0 Å². The highest BCUT2D eigenvalue weighted by molar-refractivity contribution is 5.81. The number of nitrogens with zero attached hydrogens (tertiary/aromatic N) is 2. The van der Waals surface area contributed by atoms with Gasteiger partial charge in [-0.25, -0.2) is 0 Å². The Labute approximate surface area is 156 Å². The Hall–Kier alpha value is -2.23. The molecule has 0 aliphatic carbocycles. The summed E-state index contributed by atoms with van der Waals surface area (Å²) in [6.07, 6.45) is 3.60. The Balaban J connectivity index is 1.78. The first-order chi connectivity index (χ1) is 12.4. The van der Waals surface area contributed by atoms with Crippen LogP contribution in [0.2, 0.25) is 0 Å². The number of carbonyl (C=O) groups excluding carboxylic acids is 1. The number of hydrogen-bond donors (Lipinski definition) is 0. The number of aromatic nitrogens is 1. The predicted molar refractivity (Wildman–Crippen MR) is 104 cm³/mol. The van der Waals surface area contributed by atoms with E-state index in [0.29, 0.717) is 5.92 Å². The Morgan fingerprint density at radius 2 is 2.00 bits per heavy atom. The number of carbonyl (C=O) groups is 1. The maximum Gasteiger partial charge on any atom is 0.263 e. The molecule has 1 fully saturated rings. The molecule has 1 aromatic carbocycles. The second-order valence-corrected chi connectivity index (χ2v) is 7.69. The predicted octanol–water partition coefficient (Wildman–Crippen LogP) is 4.59. The molecule has 0 radical (unpaired) electrons. The first-order valence-electron chi connectivity index (χ1n) is 9.57. The molecule has 3 rings (SSSR count). The molecular weight excluding hydrogens is 324 g/mol. The smallest absolute Gasteiger partial charge is 0.263 e. The van der Waals surface area contributed by atoms with E-state index in [9.17, 15) is 4.79 Å². The molecule has 1 aliphatic heterocycles. The van der Waals surface area contributed by atoms with E-state index in [2.05, 4.69) is 43.5 Å². The van der Waals surface area contributed by atoms with Crippen LogP contribution in [0.1, 0.15) is 62.4 Å². The molecule has 2 atom stereocenters. The summed E-state index contributed by atoms with van der Waals surface area (Å²) in [4.78, 5) is 15.1. The molecule has 2 heterocycles. The Morgan fingerprint density at radius 1 is 1.23 bits per heavy atom. The minimum atomic E-state index is -0.491. The van der Waals surface area contributed by atoms with Gasteiger partial charge >= 0.3 is 0 Å². The molecule has 140 valence electrons. The number of ether oxygens (including phenoxy) is 1. The van der Waals surface area contributed by atoms with Crippen molar-refractivity contribution >= 4 is 5.91 Å². The highest BCUT2D eigenvalue weighted by Crippen LogP contribution is 2.33. The molecule has 2 unspecified atom stereocenters. The third-order valence-electron chi connectivity index (χ3n) is 5.30. The van der Waals surface area contributed by atoms with Crippen molar-refractivity contribution in [3.8, 4) is 5.75 Å². The summed E-state index contributed by atoms with van der Waals surface area (Å²) in [5, 5.41) is 0. The van der Waals surface area contributed by atoms with Gasteiger partial charge in [0.2, 0.25) is 0 Å². The number of rotatable bonds is 5. The van der Waals surface area contributed by atoms with Crippen LogP contribution in [0.3, 0.4) is 0 Å². The fraction of sp³-hybridized carbons (Fsp3) is 0.500. The van der Waals surface area contributed by atoms with Crippen molar-refractivity contribution in [1.82, 2.24) is 9.47 Å². The molecular formula is C22H30N2O2. The summed E-state index contributed by atoms with van der Waals surface area (Å²) in [6, 6.07) is 10.5. The van der Waals surface area contributed by atoms with Crippen LogP contribution in [0.5, 0.6) is 5.75 Å². The number of likely N-dealkylation sites (tertiary alicyclic amines) is 1. The van der Waals surface area contributed by atoms with E-state index in [4.69, 9.17) is 4.74 Å². The summed E-state index contributed by atoms with van der Waals surface area (Å²) >= 11 is 0. The van der Waals surface area contributed by atoms with Crippen molar-refractivity contribution in [3.63, 3.8) is 0 Å². The first kappa shape index (κ1) is 18.6. The van der Waals surface area contributed by atoms with Crippen LogP contribution in [0.4, 0.5) is 0 Å². The Kier molecular flexibility index (Phi) is 5.40. The molecule has 0 bridgehead atoms. The van der Waals surface area contributed by atoms with Gasteiger partial charge in [-0.15, -0.1) is 0 Å². The average molecular weight is 354 g/mol. The second-order valence-electron chi connectivity index (χ2n) is 7.69. The highest BCUT2D eigenvalue weighted by atomic mass is 16.5. The number of aryl methyl sites for hydroxylation is 2. The van der Waals surface area contributed by atoms with Gasteiger partial charge in [0.1, 0.15) is 5.75 Å². The van der Waals surface area contributed by atoms with Crippen LogP contribution in [0.15, 0.2) is 36.5 Å². The van der Waals surface area contributed by atoms with Crippen LogP contribution in [-0.4, -0.2) is 28.0 Å². The lowest BCUT2D eigenvalue weighted by molar-refractivity contribution is -0.139. The molecule has 2 aromatic rings. The van der Waals surface area contributed by atoms with Gasteiger partial charge in [0.05, 0.1) is 6.04 Å². The summed E-state index contributed by atoms with van der Waals surface area (Å²) in [7, 11) is 2.04. The van der Waals surface area contributed by atoms with E-state index in [0.717, 1.165) is 36.3 Å². The molecule has 0 saturated carbocycles. The second kappa shape index (κ2) is 7.56. The summed E-state index contributed by atoms with van der Waals surface area (Å²) in [6.45, 7) is 9.02. The summed E-state index contributed by atoms with van der Waals surface area (Å²) in [5.41, 5.74) is 3.49. The third-order valence-corrected chi connectivity index (χ3v) is 5.30. The largest absolute Gasteiger partial charge is 0.481 e. The molecule has 1 aliphatic rings.